The summed E-state index contributed by atoms with van der Waals surface area (Å²) in [6.07, 6.45) is 1.64. The van der Waals surface area contributed by atoms with E-state index in [4.69, 9.17) is 4.74 Å². The van der Waals surface area contributed by atoms with Gasteiger partial charge in [0.25, 0.3) is 5.91 Å². The molecule has 16 heavy (non-hydrogen) atoms. The lowest BCUT2D eigenvalue weighted by Gasteiger charge is -2.01. The van der Waals surface area contributed by atoms with Gasteiger partial charge < -0.3 is 4.74 Å². The topological polar surface area (TPSA) is 51.2 Å². The molecule has 2 heterocycles. The van der Waals surface area contributed by atoms with Gasteiger partial charge in [0, 0.05) is 0 Å². The summed E-state index contributed by atoms with van der Waals surface area (Å²) < 4.78 is 5.95. The molecule has 2 rings (SSSR count). The molecule has 4 nitrogen and oxygen atoms in total. The Morgan fingerprint density at radius 3 is 3.06 bits per heavy atom. The van der Waals surface area contributed by atoms with Crippen molar-refractivity contribution in [3.63, 3.8) is 0 Å². The Kier molecular flexibility index (Phi) is 3.57. The highest BCUT2D eigenvalue weighted by molar-refractivity contribution is 9.11. The van der Waals surface area contributed by atoms with Gasteiger partial charge in [0.05, 0.1) is 17.1 Å². The van der Waals surface area contributed by atoms with E-state index in [0.29, 0.717) is 15.8 Å². The summed E-state index contributed by atoms with van der Waals surface area (Å²) >= 11 is 5.98. The van der Waals surface area contributed by atoms with E-state index in [1.54, 1.807) is 19.4 Å². The molecule has 0 aliphatic heterocycles. The molecule has 0 fully saturated rings. The molecule has 0 aromatic carbocycles. The van der Waals surface area contributed by atoms with Gasteiger partial charge in [-0.15, -0.1) is 11.3 Å². The smallest absolute Gasteiger partial charge is 0.271 e. The maximum atomic E-state index is 11.8. The summed E-state index contributed by atoms with van der Waals surface area (Å²) in [5.41, 5.74) is 0. The quantitative estimate of drug-likeness (QED) is 0.945. The van der Waals surface area contributed by atoms with Crippen LogP contribution in [0.3, 0.4) is 0 Å². The Balaban J connectivity index is 2.14. The van der Waals surface area contributed by atoms with Crippen molar-refractivity contribution in [2.24, 2.45) is 0 Å². The molecule has 0 aliphatic carbocycles. The molecule has 0 radical (unpaired) electrons. The van der Waals surface area contributed by atoms with Gasteiger partial charge in [-0.3, -0.25) is 10.1 Å². The van der Waals surface area contributed by atoms with Crippen LogP contribution in [0.25, 0.3) is 0 Å². The summed E-state index contributed by atoms with van der Waals surface area (Å²) in [5, 5.41) is 5.08. The fourth-order valence-electron chi connectivity index (χ4n) is 1.09. The van der Waals surface area contributed by atoms with Gasteiger partial charge in [-0.05, 0) is 27.4 Å². The highest BCUT2D eigenvalue weighted by Gasteiger charge is 2.15. The van der Waals surface area contributed by atoms with E-state index >= 15 is 0 Å². The lowest BCUT2D eigenvalue weighted by Crippen LogP contribution is -2.10. The number of thiazole rings is 1. The van der Waals surface area contributed by atoms with Crippen LogP contribution in [0.15, 0.2) is 21.4 Å². The Labute approximate surface area is 108 Å². The summed E-state index contributed by atoms with van der Waals surface area (Å²) in [6.45, 7) is 0. The predicted molar refractivity (Wildman–Crippen MR) is 68.6 cm³/mol. The molecule has 0 atom stereocenters. The van der Waals surface area contributed by atoms with Crippen molar-refractivity contribution >= 4 is 49.6 Å². The molecule has 0 aliphatic rings. The molecule has 0 bridgehead atoms. The largest absolute Gasteiger partial charge is 0.495 e. The van der Waals surface area contributed by atoms with Crippen LogP contribution in [-0.2, 0) is 0 Å². The molecule has 2 aromatic rings. The zero-order valence-electron chi connectivity index (χ0n) is 8.19. The number of thiophene rings is 1. The second-order valence-electron chi connectivity index (χ2n) is 2.74. The average molecular weight is 319 g/mol. The molecule has 0 saturated carbocycles. The van der Waals surface area contributed by atoms with Crippen LogP contribution >= 0.6 is 38.6 Å². The predicted octanol–water partition coefficient (Wildman–Crippen LogP) is 3.23. The Hall–Kier alpha value is -0.920. The number of aromatic nitrogens is 1. The van der Waals surface area contributed by atoms with Gasteiger partial charge in [-0.2, -0.15) is 0 Å². The van der Waals surface area contributed by atoms with E-state index in [-0.39, 0.29) is 5.91 Å². The van der Waals surface area contributed by atoms with Crippen LogP contribution in [0.5, 0.6) is 5.75 Å². The number of ether oxygens (including phenoxy) is 1. The molecular weight excluding hydrogens is 312 g/mol. The van der Waals surface area contributed by atoms with Crippen LogP contribution in [-0.4, -0.2) is 18.0 Å². The molecular formula is C9H7BrN2O2S2. The molecule has 0 spiro atoms. The standard InChI is InChI=1S/C9H7BrN2O2S2/c1-14-5-2-3-15-7(5)8(13)12-9-11-4-6(10)16-9/h2-4H,1H3,(H,11,12,13). The number of anilines is 1. The number of nitrogens with zero attached hydrogens (tertiary/aromatic N) is 1. The van der Waals surface area contributed by atoms with Crippen LogP contribution in [0.1, 0.15) is 9.67 Å². The molecule has 2 aromatic heterocycles. The van der Waals surface area contributed by atoms with Gasteiger partial charge in [-0.25, -0.2) is 4.98 Å². The fourth-order valence-corrected chi connectivity index (χ4v) is 2.94. The minimum Gasteiger partial charge on any atom is -0.495 e. The minimum absolute atomic E-state index is 0.200. The second-order valence-corrected chi connectivity index (χ2v) is 6.07. The summed E-state index contributed by atoms with van der Waals surface area (Å²) in [6, 6.07) is 1.76. The summed E-state index contributed by atoms with van der Waals surface area (Å²) in [7, 11) is 1.54. The lowest BCUT2D eigenvalue weighted by atomic mass is 10.4. The number of carbonyl (C=O) groups excluding carboxylic acids is 1. The fraction of sp³-hybridized carbons (Fsp3) is 0.111. The highest BCUT2D eigenvalue weighted by atomic mass is 79.9. The first kappa shape index (κ1) is 11.6. The number of hydrogen-bond acceptors (Lipinski definition) is 5. The molecule has 1 amide bonds. The third kappa shape index (κ3) is 2.42. The first-order valence-corrected chi connectivity index (χ1v) is 6.74. The average Bonchev–Trinajstić information content (AvgIpc) is 2.86. The lowest BCUT2D eigenvalue weighted by molar-refractivity contribution is 0.102. The maximum absolute atomic E-state index is 11.8. The van der Waals surface area contributed by atoms with Gasteiger partial charge in [0.15, 0.2) is 5.13 Å². The van der Waals surface area contributed by atoms with Crippen molar-refractivity contribution in [3.8, 4) is 5.75 Å². The van der Waals surface area contributed by atoms with Crippen molar-refractivity contribution in [3.05, 3.63) is 26.3 Å². The van der Waals surface area contributed by atoms with Gasteiger partial charge in [-0.1, -0.05) is 11.3 Å². The van der Waals surface area contributed by atoms with Crippen LogP contribution in [0.2, 0.25) is 0 Å². The number of halogens is 1. The van der Waals surface area contributed by atoms with Crippen molar-refractivity contribution in [1.29, 1.82) is 0 Å². The van der Waals surface area contributed by atoms with E-state index in [1.165, 1.54) is 22.7 Å². The third-order valence-electron chi connectivity index (χ3n) is 1.75. The zero-order chi connectivity index (χ0) is 11.5. The van der Waals surface area contributed by atoms with E-state index in [9.17, 15) is 4.79 Å². The molecule has 7 heteroatoms. The number of hydrogen-bond donors (Lipinski definition) is 1. The van der Waals surface area contributed by atoms with Gasteiger partial charge in [0.1, 0.15) is 10.6 Å². The van der Waals surface area contributed by atoms with Crippen molar-refractivity contribution < 1.29 is 9.53 Å². The number of amides is 1. The van der Waals surface area contributed by atoms with Crippen LogP contribution in [0.4, 0.5) is 5.13 Å². The second kappa shape index (κ2) is 4.94. The number of methoxy groups -OCH3 is 1. The van der Waals surface area contributed by atoms with E-state index in [2.05, 4.69) is 26.2 Å². The number of nitrogens with one attached hydrogen (secondary N) is 1. The monoisotopic (exact) mass is 318 g/mol. The first-order valence-electron chi connectivity index (χ1n) is 4.25. The Morgan fingerprint density at radius 1 is 1.62 bits per heavy atom. The van der Waals surface area contributed by atoms with Crippen LogP contribution in [0, 0.1) is 0 Å². The summed E-state index contributed by atoms with van der Waals surface area (Å²) in [4.78, 5) is 16.4. The van der Waals surface area contributed by atoms with E-state index < -0.39 is 0 Å². The van der Waals surface area contributed by atoms with Crippen molar-refractivity contribution in [2.45, 2.75) is 0 Å². The third-order valence-corrected chi connectivity index (χ3v) is 4.04. The SMILES string of the molecule is COc1ccsc1C(=O)Nc1ncc(Br)s1. The summed E-state index contributed by atoms with van der Waals surface area (Å²) in [5.74, 6) is 0.381. The molecule has 0 saturated heterocycles. The Bertz CT molecular complexity index is 509. The molecule has 84 valence electrons. The zero-order valence-corrected chi connectivity index (χ0v) is 11.4. The van der Waals surface area contributed by atoms with Crippen molar-refractivity contribution in [2.75, 3.05) is 12.4 Å². The van der Waals surface area contributed by atoms with Crippen molar-refractivity contribution in [1.82, 2.24) is 4.98 Å². The highest BCUT2D eigenvalue weighted by Crippen LogP contribution is 2.27. The molecule has 0 unspecified atom stereocenters. The molecule has 1 N–H and O–H groups in total. The number of rotatable bonds is 3. The maximum Gasteiger partial charge on any atom is 0.271 e. The van der Waals surface area contributed by atoms with E-state index in [1.807, 2.05) is 5.38 Å². The van der Waals surface area contributed by atoms with Gasteiger partial charge >= 0.3 is 0 Å². The first-order chi connectivity index (χ1) is 7.70. The Morgan fingerprint density at radius 2 is 2.44 bits per heavy atom. The normalized spacial score (nSPS) is 10.1. The number of carbonyl (C=O) groups is 1. The van der Waals surface area contributed by atoms with Crippen LogP contribution < -0.4 is 10.1 Å². The van der Waals surface area contributed by atoms with Gasteiger partial charge in [0.2, 0.25) is 0 Å². The minimum atomic E-state index is -0.200. The van der Waals surface area contributed by atoms with E-state index in [0.717, 1.165) is 3.79 Å².